The van der Waals surface area contributed by atoms with Crippen LogP contribution in [0.2, 0.25) is 5.02 Å². The number of carbonyl (C=O) groups excluding carboxylic acids is 1. The lowest BCUT2D eigenvalue weighted by molar-refractivity contribution is -0.123. The molecule has 2 aromatic heterocycles. The summed E-state index contributed by atoms with van der Waals surface area (Å²) >= 11 is 6.29. The smallest absolute Gasteiger partial charge is 0.272 e. The van der Waals surface area contributed by atoms with Crippen LogP contribution >= 0.6 is 11.6 Å². The van der Waals surface area contributed by atoms with Crippen molar-refractivity contribution in [2.75, 3.05) is 16.8 Å². The van der Waals surface area contributed by atoms with E-state index in [1.807, 2.05) is 95.4 Å². The molecule has 2 aliphatic rings. The highest BCUT2D eigenvalue weighted by molar-refractivity contribution is 6.30. The van der Waals surface area contributed by atoms with Crippen LogP contribution < -0.4 is 15.5 Å². The molecule has 3 aromatic carbocycles. The standard InChI is InChI=1S/C34H33ClN6O/c1-3-4-5-11-20-40-28-15-10-9-14-27(28)34(33(40)42)36-21-26-30(23-16-18-24(35)19-17-23)29-22(2)39-41(25-12-7-6-8-13-25)32(29)37-31(26)38-34/h6-10,12-19,36H,3-5,11,20-21H2,1-2H3,(H,37,38). The van der Waals surface area contributed by atoms with E-state index < -0.39 is 5.66 Å². The molecule has 0 saturated carbocycles. The maximum atomic E-state index is 14.3. The number of hydrogen-bond donors (Lipinski definition) is 2. The highest BCUT2D eigenvalue weighted by atomic mass is 35.5. The van der Waals surface area contributed by atoms with Gasteiger partial charge >= 0.3 is 0 Å². The molecule has 1 unspecified atom stereocenters. The zero-order valence-electron chi connectivity index (χ0n) is 23.8. The second kappa shape index (κ2) is 10.6. The molecule has 212 valence electrons. The van der Waals surface area contributed by atoms with E-state index in [1.165, 1.54) is 6.42 Å². The Balaban J connectivity index is 1.40. The molecule has 4 heterocycles. The minimum absolute atomic E-state index is 0.00790. The first-order valence-electron chi connectivity index (χ1n) is 14.7. The van der Waals surface area contributed by atoms with Crippen LogP contribution in [0.5, 0.6) is 0 Å². The minimum Gasteiger partial charge on any atom is -0.340 e. The summed E-state index contributed by atoms with van der Waals surface area (Å²) in [4.78, 5) is 21.4. The molecule has 42 heavy (non-hydrogen) atoms. The van der Waals surface area contributed by atoms with E-state index in [2.05, 4.69) is 17.6 Å². The van der Waals surface area contributed by atoms with Crippen molar-refractivity contribution >= 4 is 40.0 Å². The van der Waals surface area contributed by atoms with Crippen LogP contribution in [0.25, 0.3) is 27.8 Å². The van der Waals surface area contributed by atoms with Crippen molar-refractivity contribution in [2.45, 2.75) is 51.7 Å². The number of aromatic nitrogens is 3. The van der Waals surface area contributed by atoms with E-state index in [1.54, 1.807) is 0 Å². The average molecular weight is 577 g/mol. The number of carbonyl (C=O) groups is 1. The maximum Gasteiger partial charge on any atom is 0.272 e. The number of unbranched alkanes of at least 4 members (excludes halogenated alkanes) is 3. The van der Waals surface area contributed by atoms with Crippen molar-refractivity contribution in [3.05, 3.63) is 101 Å². The van der Waals surface area contributed by atoms with Gasteiger partial charge in [0.15, 0.2) is 11.3 Å². The van der Waals surface area contributed by atoms with Crippen LogP contribution in [0.4, 0.5) is 11.5 Å². The van der Waals surface area contributed by atoms with E-state index in [0.29, 0.717) is 23.9 Å². The Kier molecular flexibility index (Phi) is 6.72. The number of fused-ring (bicyclic) bond motifs is 4. The largest absolute Gasteiger partial charge is 0.340 e. The van der Waals surface area contributed by atoms with Gasteiger partial charge in [-0.2, -0.15) is 5.10 Å². The Labute approximate surface area is 250 Å². The lowest BCUT2D eigenvalue weighted by atomic mass is 9.92. The molecular weight excluding hydrogens is 544 g/mol. The predicted octanol–water partition coefficient (Wildman–Crippen LogP) is 7.34. The molecule has 7 rings (SSSR count). The first-order valence-corrected chi connectivity index (χ1v) is 15.1. The van der Waals surface area contributed by atoms with Gasteiger partial charge in [-0.05, 0) is 49.2 Å². The van der Waals surface area contributed by atoms with Gasteiger partial charge in [-0.15, -0.1) is 0 Å². The normalized spacial score (nSPS) is 17.5. The summed E-state index contributed by atoms with van der Waals surface area (Å²) in [6.07, 6.45) is 4.39. The molecule has 0 aliphatic carbocycles. The molecule has 7 nitrogen and oxygen atoms in total. The average Bonchev–Trinajstić information content (AvgIpc) is 3.46. The third-order valence-electron chi connectivity index (χ3n) is 8.46. The van der Waals surface area contributed by atoms with Crippen molar-refractivity contribution < 1.29 is 4.79 Å². The number of benzene rings is 3. The number of hydrogen-bond acceptors (Lipinski definition) is 5. The summed E-state index contributed by atoms with van der Waals surface area (Å²) in [5, 5.41) is 13.9. The second-order valence-electron chi connectivity index (χ2n) is 11.1. The molecule has 0 radical (unpaired) electrons. The van der Waals surface area contributed by atoms with Gasteiger partial charge in [0.2, 0.25) is 0 Å². The quantitative estimate of drug-likeness (QED) is 0.198. The van der Waals surface area contributed by atoms with Crippen LogP contribution in [-0.4, -0.2) is 27.2 Å². The van der Waals surface area contributed by atoms with Gasteiger partial charge in [-0.1, -0.05) is 86.3 Å². The zero-order chi connectivity index (χ0) is 28.8. The topological polar surface area (TPSA) is 75.1 Å². The van der Waals surface area contributed by atoms with E-state index in [-0.39, 0.29) is 5.91 Å². The summed E-state index contributed by atoms with van der Waals surface area (Å²) in [5.74, 6) is 0.688. The molecule has 5 aromatic rings. The van der Waals surface area contributed by atoms with Gasteiger partial charge in [0.05, 0.1) is 22.5 Å². The van der Waals surface area contributed by atoms with Crippen LogP contribution in [0.3, 0.4) is 0 Å². The molecule has 8 heteroatoms. The first kappa shape index (κ1) is 26.7. The molecular formula is C34H33ClN6O. The molecule has 2 N–H and O–H groups in total. The summed E-state index contributed by atoms with van der Waals surface area (Å²) in [5.41, 5.74) is 6.39. The Morgan fingerprint density at radius 1 is 0.952 bits per heavy atom. The number of pyridine rings is 1. The van der Waals surface area contributed by atoms with Gasteiger partial charge in [0, 0.05) is 34.8 Å². The number of nitrogens with zero attached hydrogens (tertiary/aromatic N) is 4. The third kappa shape index (κ3) is 4.18. The minimum atomic E-state index is -1.10. The third-order valence-corrected chi connectivity index (χ3v) is 8.71. The predicted molar refractivity (Wildman–Crippen MR) is 169 cm³/mol. The van der Waals surface area contributed by atoms with Crippen LogP contribution in [0.1, 0.15) is 49.4 Å². The summed E-state index contributed by atoms with van der Waals surface area (Å²) in [6.45, 7) is 5.37. The van der Waals surface area contributed by atoms with Gasteiger partial charge in [0.1, 0.15) is 5.82 Å². The highest BCUT2D eigenvalue weighted by Crippen LogP contribution is 2.46. The second-order valence-corrected chi connectivity index (χ2v) is 11.6. The number of para-hydroxylation sites is 2. The number of anilines is 2. The van der Waals surface area contributed by atoms with Gasteiger partial charge < -0.3 is 10.2 Å². The molecule has 0 bridgehead atoms. The van der Waals surface area contributed by atoms with Crippen LogP contribution in [0, 0.1) is 6.92 Å². The number of rotatable bonds is 7. The molecule has 2 aliphatic heterocycles. The molecule has 1 atom stereocenters. The first-order chi connectivity index (χ1) is 20.5. The lowest BCUT2D eigenvalue weighted by Crippen LogP contribution is -2.58. The number of amides is 1. The zero-order valence-corrected chi connectivity index (χ0v) is 24.6. The molecule has 0 fully saturated rings. The fraction of sp³-hybridized carbons (Fsp3) is 0.265. The number of aryl methyl sites for hydroxylation is 1. The highest BCUT2D eigenvalue weighted by Gasteiger charge is 2.53. The van der Waals surface area contributed by atoms with E-state index in [4.69, 9.17) is 21.7 Å². The van der Waals surface area contributed by atoms with Gasteiger partial charge in [-0.25, -0.2) is 9.67 Å². The monoisotopic (exact) mass is 576 g/mol. The van der Waals surface area contributed by atoms with Gasteiger partial charge in [-0.3, -0.25) is 10.1 Å². The maximum absolute atomic E-state index is 14.3. The van der Waals surface area contributed by atoms with Crippen molar-refractivity contribution in [3.8, 4) is 16.8 Å². The van der Waals surface area contributed by atoms with Crippen molar-refractivity contribution in [3.63, 3.8) is 0 Å². The fourth-order valence-corrected chi connectivity index (χ4v) is 6.55. The van der Waals surface area contributed by atoms with E-state index in [9.17, 15) is 4.79 Å². The molecule has 0 saturated heterocycles. The summed E-state index contributed by atoms with van der Waals surface area (Å²) < 4.78 is 1.89. The SMILES string of the molecule is CCCCCCN1C(=O)C2(NCc3c(nc4c(c(C)nn4-c4ccccc4)c3-c3ccc(Cl)cc3)N2)c2ccccc21. The molecule has 1 spiro atoms. The number of halogens is 1. The summed E-state index contributed by atoms with van der Waals surface area (Å²) in [6, 6.07) is 26.0. The number of nitrogens with one attached hydrogen (secondary N) is 2. The van der Waals surface area contributed by atoms with Gasteiger partial charge in [0.25, 0.3) is 5.91 Å². The summed E-state index contributed by atoms with van der Waals surface area (Å²) in [7, 11) is 0. The van der Waals surface area contributed by atoms with E-state index in [0.717, 1.165) is 69.6 Å². The van der Waals surface area contributed by atoms with Crippen LogP contribution in [0.15, 0.2) is 78.9 Å². The lowest BCUT2D eigenvalue weighted by Gasteiger charge is -2.37. The Hall–Kier alpha value is -4.20. The Morgan fingerprint density at radius 3 is 2.50 bits per heavy atom. The van der Waals surface area contributed by atoms with Crippen molar-refractivity contribution in [1.29, 1.82) is 0 Å². The molecule has 1 amide bonds. The Morgan fingerprint density at radius 2 is 1.71 bits per heavy atom. The van der Waals surface area contributed by atoms with Crippen LogP contribution in [-0.2, 0) is 17.0 Å². The van der Waals surface area contributed by atoms with E-state index >= 15 is 0 Å². The van der Waals surface area contributed by atoms with Crippen molar-refractivity contribution in [1.82, 2.24) is 20.1 Å². The fourth-order valence-electron chi connectivity index (χ4n) is 6.42. The Bertz CT molecular complexity index is 1800. The van der Waals surface area contributed by atoms with Crippen molar-refractivity contribution in [2.24, 2.45) is 0 Å².